The van der Waals surface area contributed by atoms with Crippen molar-refractivity contribution in [3.8, 4) is 0 Å². The van der Waals surface area contributed by atoms with Crippen molar-refractivity contribution in [3.05, 3.63) is 158 Å². The number of sulfone groups is 1. The van der Waals surface area contributed by atoms with Crippen LogP contribution in [0.2, 0.25) is 15.1 Å². The van der Waals surface area contributed by atoms with E-state index in [4.69, 9.17) is 44.3 Å². The second kappa shape index (κ2) is 38.8. The monoisotopic (exact) mass is 1750 g/mol. The van der Waals surface area contributed by atoms with Crippen LogP contribution in [0.15, 0.2) is 130 Å². The first-order valence-corrected chi connectivity index (χ1v) is 47.6. The molecule has 2 heterocycles. The standard InChI is InChI=1S/C27H34ClNO3S.C21H24ClNO2S.C17H21ClO5S.CH4.3HI.2V/c1-18(26(30)20-6-4-3-5-7-20)29(2)27(31)23(16-19-12-14-32-15-13-19)21-8-11-25(24(28)17-21)33-22-9-10-22;1-14(21(25)16-6-4-3-5-7-16)23(2)20(24)13-15-8-11-19(18(22)12-15)26-17-9-10-17;18-15-10-12(1-4-16(15)24(21,22)13-2-3-13)14(17(19)20)9-11-5-7-23-8-6-11;;;;;;/h3-8,11,17-19,22-23,26,30H,9-10,12-16H2,1-2H3;3-8,11-12,14,17,21,25H,9-10,13H2,1-2H3;1,4,10-11,13-14H,2-3,5-9H2,(H,19,20);1H4;3*1H;;/q;;;;;;;;+3/p-3/t18-,23-,26+;14-,21+;14-;;;;;;/m111....../s1. The number of carboxylic acids is 1. The maximum absolute atomic E-state index is 13.8. The van der Waals surface area contributed by atoms with Gasteiger partial charge in [-0.25, -0.2) is 8.42 Å². The molecule has 3 aliphatic carbocycles. The number of halogens is 6. The normalized spacial score (nSPS) is 18.0. The van der Waals surface area contributed by atoms with Crippen molar-refractivity contribution < 1.29 is 71.1 Å². The van der Waals surface area contributed by atoms with Gasteiger partial charge >= 0.3 is 70.8 Å². The van der Waals surface area contributed by atoms with Gasteiger partial charge in [0.15, 0.2) is 9.84 Å². The Morgan fingerprint density at radius 1 is 0.596 bits per heavy atom. The van der Waals surface area contributed by atoms with Gasteiger partial charge in [0.05, 0.1) is 67.8 Å². The van der Waals surface area contributed by atoms with Crippen LogP contribution in [0.3, 0.4) is 0 Å². The van der Waals surface area contributed by atoms with Crippen LogP contribution in [-0.4, -0.2) is 120 Å². The van der Waals surface area contributed by atoms with Crippen LogP contribution in [0.4, 0.5) is 0 Å². The molecular formula is C66H83Cl3I3N2O10S3V2. The third kappa shape index (κ3) is 25.0. The maximum atomic E-state index is 13.8. The third-order valence-electron chi connectivity index (χ3n) is 16.5. The molecule has 5 aromatic carbocycles. The minimum atomic E-state index is -3.38. The Balaban J connectivity index is 0.000000236. The molecule has 3 saturated carbocycles. The summed E-state index contributed by atoms with van der Waals surface area (Å²) in [5.74, 6) is -1.14. The van der Waals surface area contributed by atoms with E-state index in [1.807, 2.05) is 122 Å². The Bertz CT molecular complexity index is 3150. The zero-order valence-corrected chi connectivity index (χ0v) is 63.8. The number of likely N-dealkylation sites (N-methyl/N-ethyl adjacent to an activating group) is 2. The van der Waals surface area contributed by atoms with Gasteiger partial charge in [-0.05, 0) is 167 Å². The maximum Gasteiger partial charge on any atom is 0 e. The molecule has 487 valence electrons. The van der Waals surface area contributed by atoms with E-state index in [0.29, 0.717) is 65.4 Å². The predicted molar refractivity (Wildman–Crippen MR) is 382 cm³/mol. The molecule has 2 amide bonds. The number of benzene rings is 5. The molecule has 5 aromatic rings. The summed E-state index contributed by atoms with van der Waals surface area (Å²) < 4.78 is 35.5. The first-order chi connectivity index (χ1) is 41.5. The topological polar surface area (TPSA) is 171 Å². The van der Waals surface area contributed by atoms with Crippen LogP contribution < -0.4 is 0 Å². The van der Waals surface area contributed by atoms with E-state index in [0.717, 1.165) is 82.4 Å². The SMILES string of the molecule is C.C[C@H]([C@H](O)c1ccccc1)N(C)C(=O)Cc1ccc(SC2CC2)c(Cl)c1.C[C@H]([C@H](O)c1ccccc1)N(C)C(=O)[C@H](CC1CCOCC1)c1ccc(SC2CC2)c(Cl)c1.O=C(O)[C@H](CC1CCOCC1)c1ccc(S(=O)(=O)C2CC2)c(Cl)c1.[I][V]([I])[I].[V]. The van der Waals surface area contributed by atoms with Crippen molar-refractivity contribution in [2.75, 3.05) is 40.5 Å². The Labute approximate surface area is 601 Å². The van der Waals surface area contributed by atoms with Crippen molar-refractivity contribution in [1.82, 2.24) is 9.80 Å². The molecule has 6 atom stereocenters. The molecule has 10 rings (SSSR count). The third-order valence-corrected chi connectivity index (χ3v) is 23.0. The number of thioether (sulfide) groups is 2. The van der Waals surface area contributed by atoms with Crippen molar-refractivity contribution in [2.45, 2.75) is 171 Å². The van der Waals surface area contributed by atoms with Crippen molar-refractivity contribution in [1.29, 1.82) is 0 Å². The van der Waals surface area contributed by atoms with Crippen LogP contribution >= 0.6 is 118 Å². The quantitative estimate of drug-likeness (QED) is 0.0561. The first-order valence-electron chi connectivity index (χ1n) is 29.6. The number of carbonyl (C=O) groups excluding carboxylic acids is 2. The van der Waals surface area contributed by atoms with Crippen LogP contribution in [0, 0.1) is 11.8 Å². The van der Waals surface area contributed by atoms with Gasteiger partial charge < -0.3 is 34.6 Å². The number of nitrogens with zero attached hydrogens (tertiary/aromatic N) is 2. The average molecular weight is 1750 g/mol. The molecule has 5 aliphatic rings. The minimum Gasteiger partial charge on any atom is 0 e. The number of rotatable bonds is 22. The van der Waals surface area contributed by atoms with Gasteiger partial charge in [-0.1, -0.05) is 121 Å². The largest absolute Gasteiger partial charge is 0 e. The number of amides is 2. The number of carboxylic acid groups (broad SMARTS) is 1. The first kappa shape index (κ1) is 78.9. The van der Waals surface area contributed by atoms with Gasteiger partial charge in [0.25, 0.3) is 0 Å². The van der Waals surface area contributed by atoms with E-state index < -0.39 is 33.9 Å². The summed E-state index contributed by atoms with van der Waals surface area (Å²) in [6.45, 7) is 6.60. The van der Waals surface area contributed by atoms with Gasteiger partial charge in [-0.15, -0.1) is 23.5 Å². The number of aliphatic carboxylic acids is 1. The molecule has 0 bridgehead atoms. The summed E-state index contributed by atoms with van der Waals surface area (Å²) in [5, 5.41) is 33.6. The van der Waals surface area contributed by atoms with Gasteiger partial charge in [-0.3, -0.25) is 14.4 Å². The Kier molecular flexibility index (Phi) is 34.4. The molecule has 0 spiro atoms. The van der Waals surface area contributed by atoms with E-state index in [1.54, 1.807) is 30.0 Å². The van der Waals surface area contributed by atoms with Gasteiger partial charge in [0.1, 0.15) is 0 Å². The fraction of sp³-hybridized carbons (Fsp3) is 0.500. The van der Waals surface area contributed by atoms with E-state index in [9.17, 15) is 38.1 Å². The smallest absolute Gasteiger partial charge is 0 e. The van der Waals surface area contributed by atoms with Crippen molar-refractivity contribution >= 4 is 146 Å². The molecule has 12 nitrogen and oxygen atoms in total. The summed E-state index contributed by atoms with van der Waals surface area (Å²) >= 11 is 30.3. The molecule has 1 radical (unpaired) electrons. The van der Waals surface area contributed by atoms with Gasteiger partial charge in [0, 0.05) is 79.4 Å². The summed E-state index contributed by atoms with van der Waals surface area (Å²) in [7, 11) is 0.153. The van der Waals surface area contributed by atoms with E-state index in [-0.39, 0.29) is 82.3 Å². The zero-order valence-electron chi connectivity index (χ0n) is 49.8. The summed E-state index contributed by atoms with van der Waals surface area (Å²) in [4.78, 5) is 43.5. The molecule has 23 heteroatoms. The summed E-state index contributed by atoms with van der Waals surface area (Å²) in [6.07, 6.45) is 10.1. The molecule has 0 aromatic heterocycles. The van der Waals surface area contributed by atoms with Crippen molar-refractivity contribution in [3.63, 3.8) is 0 Å². The molecule has 0 unspecified atom stereocenters. The number of hydrogen-bond donors (Lipinski definition) is 3. The second-order valence-corrected chi connectivity index (χ2v) is 64.5. The van der Waals surface area contributed by atoms with Gasteiger partial charge in [-0.2, -0.15) is 0 Å². The number of hydrogen-bond acceptors (Lipinski definition) is 11. The molecule has 5 fully saturated rings. The van der Waals surface area contributed by atoms with Crippen LogP contribution in [0.25, 0.3) is 0 Å². The van der Waals surface area contributed by atoms with Crippen LogP contribution in [-0.2, 0) is 63.6 Å². The predicted octanol–water partition coefficient (Wildman–Crippen LogP) is 17.3. The zero-order chi connectivity index (χ0) is 63.0. The fourth-order valence-corrected chi connectivity index (χ4v) is 15.4. The van der Waals surface area contributed by atoms with E-state index >= 15 is 0 Å². The molecular weight excluding hydrogens is 1670 g/mol. The Hall–Kier alpha value is -0.771. The average Bonchev–Trinajstić information content (AvgIpc) is 1.83. The Morgan fingerprint density at radius 3 is 1.44 bits per heavy atom. The minimum absolute atomic E-state index is 0. The van der Waals surface area contributed by atoms with Gasteiger partial charge in [0.2, 0.25) is 11.8 Å². The molecule has 2 aliphatic heterocycles. The summed E-state index contributed by atoms with van der Waals surface area (Å²) in [5.41, 5.74) is 4.05. The number of aliphatic hydroxyl groups is 2. The van der Waals surface area contributed by atoms with E-state index in [1.165, 1.54) is 37.8 Å². The van der Waals surface area contributed by atoms with Crippen molar-refractivity contribution in [2.24, 2.45) is 11.8 Å². The van der Waals surface area contributed by atoms with Crippen LogP contribution in [0.1, 0.15) is 150 Å². The molecule has 2 saturated heterocycles. The number of ether oxygens (including phenoxy) is 2. The molecule has 89 heavy (non-hydrogen) atoms. The Morgan fingerprint density at radius 2 is 1.01 bits per heavy atom. The number of carbonyl (C=O) groups is 3. The van der Waals surface area contributed by atoms with Crippen LogP contribution in [0.5, 0.6) is 0 Å². The molecule has 3 N–H and O–H groups in total. The fourth-order valence-electron chi connectivity index (χ4n) is 10.5. The second-order valence-electron chi connectivity index (χ2n) is 23.1. The number of aliphatic hydroxyl groups excluding tert-OH is 2. The van der Waals surface area contributed by atoms with E-state index in [2.05, 4.69) is 72.1 Å². The summed E-state index contributed by atoms with van der Waals surface area (Å²) in [6, 6.07) is 34.9.